The number of phenols is 1. The second kappa shape index (κ2) is 5.61. The van der Waals surface area contributed by atoms with Crippen molar-refractivity contribution in [2.45, 2.75) is 18.5 Å². The summed E-state index contributed by atoms with van der Waals surface area (Å²) >= 11 is 0. The minimum absolute atomic E-state index is 0.0330. The van der Waals surface area contributed by atoms with Crippen LogP contribution in [0.3, 0.4) is 0 Å². The number of phenolic OH excluding ortho intramolecular Hbond substituents is 1. The number of benzene rings is 2. The Kier molecular flexibility index (Phi) is 3.31. The van der Waals surface area contributed by atoms with E-state index < -0.39 is 6.04 Å². The highest BCUT2D eigenvalue weighted by molar-refractivity contribution is 5.97. The SMILES string of the molecule is CN1CC(=O)N2[C@@H](c3ccc(O)cc3)c3[nH]c4ccccc4c3C[C@H]2C1=O. The van der Waals surface area contributed by atoms with Crippen LogP contribution in [0.25, 0.3) is 10.9 Å². The van der Waals surface area contributed by atoms with Gasteiger partial charge in [-0.15, -0.1) is 0 Å². The smallest absolute Gasteiger partial charge is 0.245 e. The van der Waals surface area contributed by atoms with E-state index >= 15 is 0 Å². The Morgan fingerprint density at radius 1 is 1.07 bits per heavy atom. The first-order chi connectivity index (χ1) is 13.0. The Hall–Kier alpha value is -3.28. The summed E-state index contributed by atoms with van der Waals surface area (Å²) in [5.41, 5.74) is 3.90. The van der Waals surface area contributed by atoms with Gasteiger partial charge in [-0.1, -0.05) is 30.3 Å². The lowest BCUT2D eigenvalue weighted by atomic mass is 9.86. The van der Waals surface area contributed by atoms with E-state index in [0.717, 1.165) is 27.7 Å². The van der Waals surface area contributed by atoms with Gasteiger partial charge < -0.3 is 19.9 Å². The van der Waals surface area contributed by atoms with E-state index in [1.54, 1.807) is 24.1 Å². The van der Waals surface area contributed by atoms with Gasteiger partial charge in [0.15, 0.2) is 0 Å². The predicted molar refractivity (Wildman–Crippen MR) is 100 cm³/mol. The second-order valence-corrected chi connectivity index (χ2v) is 7.27. The first kappa shape index (κ1) is 15.9. The number of H-pyrrole nitrogens is 1. The van der Waals surface area contributed by atoms with Gasteiger partial charge in [-0.2, -0.15) is 0 Å². The minimum Gasteiger partial charge on any atom is -0.508 e. The number of likely N-dealkylation sites (N-methyl/N-ethyl adjacent to an activating group) is 1. The number of para-hydroxylation sites is 1. The van der Waals surface area contributed by atoms with Crippen molar-refractivity contribution in [3.63, 3.8) is 0 Å². The second-order valence-electron chi connectivity index (χ2n) is 7.27. The Morgan fingerprint density at radius 3 is 2.59 bits per heavy atom. The number of hydrogen-bond acceptors (Lipinski definition) is 3. The number of nitrogens with one attached hydrogen (secondary N) is 1. The largest absolute Gasteiger partial charge is 0.508 e. The number of fused-ring (bicyclic) bond motifs is 4. The average Bonchev–Trinajstić information content (AvgIpc) is 3.04. The van der Waals surface area contributed by atoms with Crippen molar-refractivity contribution in [1.82, 2.24) is 14.8 Å². The van der Waals surface area contributed by atoms with Crippen LogP contribution in [0.15, 0.2) is 48.5 Å². The van der Waals surface area contributed by atoms with Crippen LogP contribution < -0.4 is 0 Å². The lowest BCUT2D eigenvalue weighted by molar-refractivity contribution is -0.157. The maximum Gasteiger partial charge on any atom is 0.245 e. The molecule has 0 saturated carbocycles. The standard InChI is InChI=1S/C21H19N3O3/c1-23-11-18(26)24-17(21(23)27)10-15-14-4-2-3-5-16(14)22-19(15)20(24)12-6-8-13(25)9-7-12/h2-9,17,20,22,25H,10-11H2,1H3/t17-,20-/m0/s1. The Labute approximate surface area is 156 Å². The van der Waals surface area contributed by atoms with Gasteiger partial charge in [0.1, 0.15) is 11.8 Å². The lowest BCUT2D eigenvalue weighted by Crippen LogP contribution is -2.62. The molecule has 2 aliphatic rings. The molecule has 1 fully saturated rings. The minimum atomic E-state index is -0.512. The fourth-order valence-corrected chi connectivity index (χ4v) is 4.41. The van der Waals surface area contributed by atoms with Crippen LogP contribution in [0.2, 0.25) is 0 Å². The molecular formula is C21H19N3O3. The van der Waals surface area contributed by atoms with E-state index in [-0.39, 0.29) is 30.2 Å². The van der Waals surface area contributed by atoms with Gasteiger partial charge >= 0.3 is 0 Å². The van der Waals surface area contributed by atoms with Gasteiger partial charge in [0.05, 0.1) is 12.6 Å². The van der Waals surface area contributed by atoms with Crippen LogP contribution in [0, 0.1) is 0 Å². The molecule has 27 heavy (non-hydrogen) atoms. The van der Waals surface area contributed by atoms with Crippen LogP contribution >= 0.6 is 0 Å². The molecule has 1 aromatic heterocycles. The van der Waals surface area contributed by atoms with Crippen molar-refractivity contribution in [2.75, 3.05) is 13.6 Å². The Morgan fingerprint density at radius 2 is 1.81 bits per heavy atom. The van der Waals surface area contributed by atoms with Crippen molar-refractivity contribution in [1.29, 1.82) is 0 Å². The number of amides is 2. The quantitative estimate of drug-likeness (QED) is 0.698. The van der Waals surface area contributed by atoms with Crippen LogP contribution in [0.1, 0.15) is 22.9 Å². The highest BCUT2D eigenvalue weighted by Crippen LogP contribution is 2.42. The van der Waals surface area contributed by atoms with Gasteiger partial charge in [-0.3, -0.25) is 9.59 Å². The molecule has 0 unspecified atom stereocenters. The molecule has 2 atom stereocenters. The molecule has 3 aromatic rings. The van der Waals surface area contributed by atoms with E-state index in [9.17, 15) is 14.7 Å². The van der Waals surface area contributed by atoms with Crippen LogP contribution in [-0.2, 0) is 16.0 Å². The molecule has 2 N–H and O–H groups in total. The van der Waals surface area contributed by atoms with E-state index in [4.69, 9.17) is 0 Å². The third-order valence-corrected chi connectivity index (χ3v) is 5.66. The van der Waals surface area contributed by atoms with Gasteiger partial charge in [-0.05, 0) is 29.3 Å². The number of hydrogen-bond donors (Lipinski definition) is 2. The number of carbonyl (C=O) groups is 2. The Balaban J connectivity index is 1.76. The molecule has 6 heteroatoms. The number of piperazine rings is 1. The number of nitrogens with zero attached hydrogens (tertiary/aromatic N) is 2. The number of rotatable bonds is 1. The van der Waals surface area contributed by atoms with Gasteiger partial charge in [0.2, 0.25) is 11.8 Å². The van der Waals surface area contributed by atoms with Crippen LogP contribution in [-0.4, -0.2) is 51.3 Å². The zero-order valence-corrected chi connectivity index (χ0v) is 14.8. The molecule has 0 radical (unpaired) electrons. The molecule has 6 nitrogen and oxygen atoms in total. The van der Waals surface area contributed by atoms with E-state index in [2.05, 4.69) is 4.98 Å². The van der Waals surface area contributed by atoms with Gasteiger partial charge in [0, 0.05) is 30.1 Å². The summed E-state index contributed by atoms with van der Waals surface area (Å²) in [4.78, 5) is 32.5. The van der Waals surface area contributed by atoms with Gasteiger partial charge in [-0.25, -0.2) is 0 Å². The van der Waals surface area contributed by atoms with Crippen molar-refractivity contribution < 1.29 is 14.7 Å². The van der Waals surface area contributed by atoms with Crippen molar-refractivity contribution in [3.8, 4) is 5.75 Å². The third-order valence-electron chi connectivity index (χ3n) is 5.66. The zero-order valence-electron chi connectivity index (χ0n) is 14.8. The fraction of sp³-hybridized carbons (Fsp3) is 0.238. The molecule has 2 aromatic carbocycles. The number of carbonyl (C=O) groups excluding carboxylic acids is 2. The van der Waals surface area contributed by atoms with Crippen molar-refractivity contribution in [2.24, 2.45) is 0 Å². The van der Waals surface area contributed by atoms with E-state index in [1.807, 2.05) is 36.4 Å². The highest BCUT2D eigenvalue weighted by atomic mass is 16.3. The normalized spacial score (nSPS) is 22.1. The third kappa shape index (κ3) is 2.26. The molecule has 0 bridgehead atoms. The summed E-state index contributed by atoms with van der Waals surface area (Å²) in [6.07, 6.45) is 0.503. The highest BCUT2D eigenvalue weighted by Gasteiger charge is 2.47. The maximum atomic E-state index is 12.9. The summed E-state index contributed by atoms with van der Waals surface area (Å²) in [6, 6.07) is 14.0. The molecule has 2 aliphatic heterocycles. The predicted octanol–water partition coefficient (Wildman–Crippen LogP) is 2.19. The molecular weight excluding hydrogens is 342 g/mol. The molecule has 5 rings (SSSR count). The molecule has 1 saturated heterocycles. The molecule has 0 spiro atoms. The topological polar surface area (TPSA) is 76.6 Å². The van der Waals surface area contributed by atoms with Crippen molar-refractivity contribution >= 4 is 22.7 Å². The van der Waals surface area contributed by atoms with E-state index in [1.165, 1.54) is 4.90 Å². The van der Waals surface area contributed by atoms with Crippen molar-refractivity contribution in [3.05, 3.63) is 65.4 Å². The maximum absolute atomic E-state index is 12.9. The Bertz CT molecular complexity index is 1070. The first-order valence-corrected chi connectivity index (χ1v) is 8.99. The summed E-state index contributed by atoms with van der Waals surface area (Å²) < 4.78 is 0. The molecule has 2 amide bonds. The van der Waals surface area contributed by atoms with E-state index in [0.29, 0.717) is 6.42 Å². The first-order valence-electron chi connectivity index (χ1n) is 8.99. The molecule has 136 valence electrons. The summed E-state index contributed by atoms with van der Waals surface area (Å²) in [5.74, 6) is 0.0718. The van der Waals surface area contributed by atoms with Crippen LogP contribution in [0.4, 0.5) is 0 Å². The molecule has 3 heterocycles. The van der Waals surface area contributed by atoms with Gasteiger partial charge in [0.25, 0.3) is 0 Å². The number of aromatic amines is 1. The summed E-state index contributed by atoms with van der Waals surface area (Å²) in [6.45, 7) is 0.0828. The average molecular weight is 361 g/mol. The summed E-state index contributed by atoms with van der Waals surface area (Å²) in [7, 11) is 1.68. The molecule has 0 aliphatic carbocycles. The zero-order chi connectivity index (χ0) is 18.7. The number of aromatic hydroxyl groups is 1. The fourth-order valence-electron chi connectivity index (χ4n) is 4.41. The summed E-state index contributed by atoms with van der Waals surface area (Å²) in [5, 5.41) is 10.8. The number of aromatic nitrogens is 1. The lowest BCUT2D eigenvalue weighted by Gasteiger charge is -2.46. The van der Waals surface area contributed by atoms with Crippen LogP contribution in [0.5, 0.6) is 5.75 Å². The monoisotopic (exact) mass is 361 g/mol.